The van der Waals surface area contributed by atoms with Crippen LogP contribution >= 0.6 is 0 Å². The number of carbonyl (C=O) groups is 1. The van der Waals surface area contributed by atoms with Crippen molar-refractivity contribution in [2.45, 2.75) is 25.8 Å². The Morgan fingerprint density at radius 2 is 1.95 bits per heavy atom. The molecule has 0 aliphatic rings. The second-order valence-electron chi connectivity index (χ2n) is 4.57. The number of carbonyl (C=O) groups excluding carboxylic acids is 1. The molecule has 1 aromatic carbocycles. The van der Waals surface area contributed by atoms with Gasteiger partial charge in [0.2, 0.25) is 5.95 Å². The van der Waals surface area contributed by atoms with Crippen LogP contribution in [-0.4, -0.2) is 10.9 Å². The maximum Gasteiger partial charge on any atom is 0.270 e. The zero-order chi connectivity index (χ0) is 14.4. The Balaban J connectivity index is 2.14. The number of amides is 1. The Labute approximate surface area is 117 Å². The fraction of sp³-hybridized carbons (Fsp3) is 0.250. The summed E-state index contributed by atoms with van der Waals surface area (Å²) in [6.07, 6.45) is 1.77. The lowest BCUT2D eigenvalue weighted by Crippen LogP contribution is -2.29. The number of benzene rings is 1. The second kappa shape index (κ2) is 6.80. The zero-order valence-corrected chi connectivity index (χ0v) is 11.3. The predicted molar refractivity (Wildman–Crippen MR) is 75.8 cm³/mol. The number of rotatable bonds is 5. The first-order valence-electron chi connectivity index (χ1n) is 6.69. The van der Waals surface area contributed by atoms with Gasteiger partial charge in [0, 0.05) is 0 Å². The largest absolute Gasteiger partial charge is 0.344 e. The maximum atomic E-state index is 13.0. The van der Waals surface area contributed by atoms with E-state index >= 15 is 0 Å². The van der Waals surface area contributed by atoms with Crippen molar-refractivity contribution in [3.63, 3.8) is 0 Å². The van der Waals surface area contributed by atoms with E-state index in [9.17, 15) is 9.18 Å². The first-order chi connectivity index (χ1) is 9.70. The first-order valence-corrected chi connectivity index (χ1v) is 6.69. The summed E-state index contributed by atoms with van der Waals surface area (Å²) in [6.45, 7) is 2.06. The quantitative estimate of drug-likeness (QED) is 0.846. The van der Waals surface area contributed by atoms with Crippen LogP contribution in [-0.2, 0) is 0 Å². The minimum atomic E-state index is -0.649. The molecule has 1 heterocycles. The van der Waals surface area contributed by atoms with Crippen molar-refractivity contribution in [1.29, 1.82) is 0 Å². The van der Waals surface area contributed by atoms with Gasteiger partial charge in [-0.15, -0.1) is 0 Å². The van der Waals surface area contributed by atoms with Gasteiger partial charge >= 0.3 is 0 Å². The smallest absolute Gasteiger partial charge is 0.270 e. The summed E-state index contributed by atoms with van der Waals surface area (Å²) in [6, 6.07) is 13.9. The Hall–Kier alpha value is -2.23. The van der Waals surface area contributed by atoms with Gasteiger partial charge in [-0.1, -0.05) is 49.7 Å². The predicted octanol–water partition coefficient (Wildman–Crippen LogP) is 3.49. The van der Waals surface area contributed by atoms with Gasteiger partial charge in [-0.25, -0.2) is 4.98 Å². The highest BCUT2D eigenvalue weighted by atomic mass is 19.1. The molecule has 3 nitrogen and oxygen atoms in total. The van der Waals surface area contributed by atoms with Crippen LogP contribution in [0.25, 0.3) is 0 Å². The molecule has 1 amide bonds. The fourth-order valence-electron chi connectivity index (χ4n) is 2.06. The standard InChI is InChI=1S/C16H17FN2O/c1-2-7-13(12-8-4-3-5-9-12)19-16(20)14-10-6-11-15(17)18-14/h3-6,8-11,13H,2,7H2,1H3,(H,19,20). The molecule has 20 heavy (non-hydrogen) atoms. The highest BCUT2D eigenvalue weighted by Crippen LogP contribution is 2.18. The highest BCUT2D eigenvalue weighted by Gasteiger charge is 2.15. The van der Waals surface area contributed by atoms with E-state index in [0.29, 0.717) is 0 Å². The fourth-order valence-corrected chi connectivity index (χ4v) is 2.06. The van der Waals surface area contributed by atoms with Crippen LogP contribution in [0.2, 0.25) is 0 Å². The van der Waals surface area contributed by atoms with Crippen molar-refractivity contribution < 1.29 is 9.18 Å². The van der Waals surface area contributed by atoms with E-state index in [0.717, 1.165) is 18.4 Å². The Morgan fingerprint density at radius 1 is 1.20 bits per heavy atom. The van der Waals surface area contributed by atoms with Crippen LogP contribution in [0.5, 0.6) is 0 Å². The molecule has 0 saturated carbocycles. The van der Waals surface area contributed by atoms with Crippen LogP contribution in [0.4, 0.5) is 4.39 Å². The highest BCUT2D eigenvalue weighted by molar-refractivity contribution is 5.92. The molecule has 0 aliphatic heterocycles. The molecular formula is C16H17FN2O. The summed E-state index contributed by atoms with van der Waals surface area (Å²) in [4.78, 5) is 15.7. The second-order valence-corrected chi connectivity index (χ2v) is 4.57. The van der Waals surface area contributed by atoms with Crippen molar-refractivity contribution in [3.8, 4) is 0 Å². The lowest BCUT2D eigenvalue weighted by molar-refractivity contribution is 0.0928. The summed E-state index contributed by atoms with van der Waals surface area (Å²) < 4.78 is 13.0. The molecule has 1 N–H and O–H groups in total. The number of hydrogen-bond acceptors (Lipinski definition) is 2. The number of pyridine rings is 1. The summed E-state index contributed by atoms with van der Waals surface area (Å²) >= 11 is 0. The van der Waals surface area contributed by atoms with E-state index in [1.54, 1.807) is 0 Å². The Bertz CT molecular complexity index is 572. The van der Waals surface area contributed by atoms with Gasteiger partial charge < -0.3 is 5.32 Å². The summed E-state index contributed by atoms with van der Waals surface area (Å²) in [5.41, 5.74) is 1.14. The first kappa shape index (κ1) is 14.2. The third-order valence-electron chi connectivity index (χ3n) is 3.03. The number of halogens is 1. The minimum absolute atomic E-state index is 0.0845. The monoisotopic (exact) mass is 272 g/mol. The van der Waals surface area contributed by atoms with Gasteiger partial charge in [0.1, 0.15) is 5.69 Å². The van der Waals surface area contributed by atoms with Crippen molar-refractivity contribution in [1.82, 2.24) is 10.3 Å². The average molecular weight is 272 g/mol. The lowest BCUT2D eigenvalue weighted by Gasteiger charge is -2.18. The van der Waals surface area contributed by atoms with Crippen molar-refractivity contribution in [3.05, 3.63) is 65.7 Å². The van der Waals surface area contributed by atoms with Gasteiger partial charge in [0.05, 0.1) is 6.04 Å². The third-order valence-corrected chi connectivity index (χ3v) is 3.03. The molecule has 0 bridgehead atoms. The molecule has 2 aromatic rings. The molecule has 0 saturated heterocycles. The lowest BCUT2D eigenvalue weighted by atomic mass is 10.0. The number of nitrogens with zero attached hydrogens (tertiary/aromatic N) is 1. The zero-order valence-electron chi connectivity index (χ0n) is 11.3. The van der Waals surface area contributed by atoms with Crippen LogP contribution in [0.15, 0.2) is 48.5 Å². The normalized spacial score (nSPS) is 11.9. The van der Waals surface area contributed by atoms with E-state index in [-0.39, 0.29) is 17.6 Å². The molecule has 1 unspecified atom stereocenters. The van der Waals surface area contributed by atoms with Crippen LogP contribution in [0.3, 0.4) is 0 Å². The molecule has 1 aromatic heterocycles. The van der Waals surface area contributed by atoms with E-state index in [1.807, 2.05) is 30.3 Å². The molecule has 0 spiro atoms. The van der Waals surface area contributed by atoms with Gasteiger partial charge in [0.25, 0.3) is 5.91 Å². The topological polar surface area (TPSA) is 42.0 Å². The number of hydrogen-bond donors (Lipinski definition) is 1. The molecule has 4 heteroatoms. The van der Waals surface area contributed by atoms with Crippen molar-refractivity contribution >= 4 is 5.91 Å². The Kier molecular flexibility index (Phi) is 4.82. The molecule has 0 aliphatic carbocycles. The minimum Gasteiger partial charge on any atom is -0.344 e. The third kappa shape index (κ3) is 3.63. The molecular weight excluding hydrogens is 255 g/mol. The van der Waals surface area contributed by atoms with E-state index in [4.69, 9.17) is 0 Å². The molecule has 0 radical (unpaired) electrons. The van der Waals surface area contributed by atoms with Crippen molar-refractivity contribution in [2.75, 3.05) is 0 Å². The van der Waals surface area contributed by atoms with Crippen molar-refractivity contribution in [2.24, 2.45) is 0 Å². The number of aromatic nitrogens is 1. The molecule has 104 valence electrons. The van der Waals surface area contributed by atoms with Gasteiger partial charge in [-0.3, -0.25) is 4.79 Å². The van der Waals surface area contributed by atoms with Gasteiger partial charge in [0.15, 0.2) is 0 Å². The SMILES string of the molecule is CCCC(NC(=O)c1cccc(F)n1)c1ccccc1. The average Bonchev–Trinajstić information content (AvgIpc) is 2.47. The van der Waals surface area contributed by atoms with Crippen LogP contribution in [0, 0.1) is 5.95 Å². The van der Waals surface area contributed by atoms with Gasteiger partial charge in [-0.2, -0.15) is 4.39 Å². The molecule has 2 rings (SSSR count). The van der Waals surface area contributed by atoms with Crippen LogP contribution in [0.1, 0.15) is 41.9 Å². The van der Waals surface area contributed by atoms with E-state index in [2.05, 4.69) is 17.2 Å². The summed E-state index contributed by atoms with van der Waals surface area (Å²) in [5.74, 6) is -1.00. The Morgan fingerprint density at radius 3 is 2.60 bits per heavy atom. The number of nitrogens with one attached hydrogen (secondary N) is 1. The maximum absolute atomic E-state index is 13.0. The summed E-state index contributed by atoms with van der Waals surface area (Å²) in [7, 11) is 0. The van der Waals surface area contributed by atoms with Gasteiger partial charge in [-0.05, 0) is 24.1 Å². The van der Waals surface area contributed by atoms with E-state index < -0.39 is 5.95 Å². The molecule has 1 atom stereocenters. The summed E-state index contributed by atoms with van der Waals surface area (Å²) in [5, 5.41) is 2.91. The molecule has 0 fully saturated rings. The van der Waals surface area contributed by atoms with E-state index in [1.165, 1.54) is 18.2 Å². The van der Waals surface area contributed by atoms with Crippen LogP contribution < -0.4 is 5.32 Å².